The smallest absolute Gasteiger partial charge is 0.308 e. The van der Waals surface area contributed by atoms with Crippen LogP contribution in [0.5, 0.6) is 5.75 Å². The fourth-order valence-electron chi connectivity index (χ4n) is 2.76. The van der Waals surface area contributed by atoms with E-state index in [0.717, 1.165) is 43.9 Å². The Kier molecular flexibility index (Phi) is 5.44. The molecule has 5 heteroatoms. The molecule has 1 unspecified atom stereocenters. The van der Waals surface area contributed by atoms with Crippen molar-refractivity contribution < 1.29 is 14.6 Å². The second kappa shape index (κ2) is 7.31. The van der Waals surface area contributed by atoms with E-state index >= 15 is 0 Å². The van der Waals surface area contributed by atoms with E-state index in [1.807, 2.05) is 12.1 Å². The van der Waals surface area contributed by atoms with Gasteiger partial charge in [0.15, 0.2) is 0 Å². The second-order valence-corrected chi connectivity index (χ2v) is 5.41. The van der Waals surface area contributed by atoms with Crippen LogP contribution in [-0.4, -0.2) is 37.8 Å². The number of benzene rings is 1. The van der Waals surface area contributed by atoms with E-state index in [1.165, 1.54) is 5.56 Å². The average Bonchev–Trinajstić information content (AvgIpc) is 2.52. The topological polar surface area (TPSA) is 61.8 Å². The largest absolute Gasteiger partial charge is 0.495 e. The molecule has 0 aliphatic carbocycles. The number of carboxylic acids is 1. The lowest BCUT2D eigenvalue weighted by Crippen LogP contribution is -2.38. The maximum absolute atomic E-state index is 11.2. The van der Waals surface area contributed by atoms with Crippen LogP contribution in [0.2, 0.25) is 0 Å². The quantitative estimate of drug-likeness (QED) is 0.841. The van der Waals surface area contributed by atoms with E-state index in [9.17, 15) is 9.90 Å². The lowest BCUT2D eigenvalue weighted by molar-refractivity contribution is -0.141. The van der Waals surface area contributed by atoms with Gasteiger partial charge in [0.05, 0.1) is 18.7 Å². The van der Waals surface area contributed by atoms with Gasteiger partial charge in [-0.15, -0.1) is 0 Å². The van der Waals surface area contributed by atoms with E-state index in [4.69, 9.17) is 4.74 Å². The van der Waals surface area contributed by atoms with E-state index in [2.05, 4.69) is 23.2 Å². The summed E-state index contributed by atoms with van der Waals surface area (Å²) in [6.07, 6.45) is 1.66. The number of carbonyl (C=O) groups is 1. The van der Waals surface area contributed by atoms with Gasteiger partial charge in [-0.1, -0.05) is 13.0 Å². The first-order valence-corrected chi connectivity index (χ1v) is 7.51. The van der Waals surface area contributed by atoms with Crippen LogP contribution >= 0.6 is 0 Å². The summed E-state index contributed by atoms with van der Waals surface area (Å²) in [5.74, 6) is -0.177. The summed E-state index contributed by atoms with van der Waals surface area (Å²) >= 11 is 0. The Morgan fingerprint density at radius 2 is 2.33 bits per heavy atom. The van der Waals surface area contributed by atoms with Gasteiger partial charge in [0.1, 0.15) is 5.75 Å². The van der Waals surface area contributed by atoms with E-state index < -0.39 is 5.97 Å². The Hall–Kier alpha value is -1.75. The van der Waals surface area contributed by atoms with Gasteiger partial charge in [-0.3, -0.25) is 4.79 Å². The predicted octanol–water partition coefficient (Wildman–Crippen LogP) is 2.11. The Balaban J connectivity index is 2.16. The lowest BCUT2D eigenvalue weighted by Gasteiger charge is -2.33. The first kappa shape index (κ1) is 15.6. The fraction of sp³-hybridized carbons (Fsp3) is 0.562. The molecule has 0 saturated carbocycles. The summed E-state index contributed by atoms with van der Waals surface area (Å²) in [4.78, 5) is 13.3. The van der Waals surface area contributed by atoms with Gasteiger partial charge in [-0.05, 0) is 37.1 Å². The molecular weight excluding hydrogens is 268 g/mol. The number of nitrogens with one attached hydrogen (secondary N) is 1. The monoisotopic (exact) mass is 292 g/mol. The molecule has 1 fully saturated rings. The molecule has 1 heterocycles. The van der Waals surface area contributed by atoms with E-state index in [0.29, 0.717) is 6.54 Å². The highest BCUT2D eigenvalue weighted by Crippen LogP contribution is 2.32. The van der Waals surface area contributed by atoms with Gasteiger partial charge in [0.25, 0.3) is 0 Å². The highest BCUT2D eigenvalue weighted by atomic mass is 16.5. The molecule has 0 radical (unpaired) electrons. The molecule has 1 aromatic rings. The van der Waals surface area contributed by atoms with Crippen LogP contribution in [0.3, 0.4) is 0 Å². The minimum Gasteiger partial charge on any atom is -0.495 e. The number of hydrogen-bond acceptors (Lipinski definition) is 4. The zero-order valence-electron chi connectivity index (χ0n) is 12.8. The molecule has 0 aromatic heterocycles. The number of ether oxygens (including phenoxy) is 1. The first-order valence-electron chi connectivity index (χ1n) is 7.51. The summed E-state index contributed by atoms with van der Waals surface area (Å²) in [6, 6.07) is 6.14. The van der Waals surface area contributed by atoms with Crippen molar-refractivity contribution >= 4 is 11.7 Å². The number of methoxy groups -OCH3 is 1. The number of anilines is 1. The van der Waals surface area contributed by atoms with E-state index in [-0.39, 0.29) is 5.92 Å². The summed E-state index contributed by atoms with van der Waals surface area (Å²) in [5.41, 5.74) is 2.16. The molecule has 0 amide bonds. The van der Waals surface area contributed by atoms with Crippen molar-refractivity contribution in [2.45, 2.75) is 26.3 Å². The number of nitrogens with zero attached hydrogens (tertiary/aromatic N) is 1. The van der Waals surface area contributed by atoms with Crippen LogP contribution in [0.25, 0.3) is 0 Å². The number of aliphatic carboxylic acids is 1. The number of rotatable bonds is 6. The fourth-order valence-corrected chi connectivity index (χ4v) is 2.76. The van der Waals surface area contributed by atoms with Crippen molar-refractivity contribution in [2.24, 2.45) is 5.92 Å². The zero-order chi connectivity index (χ0) is 15.2. The molecule has 0 bridgehead atoms. The van der Waals surface area contributed by atoms with Crippen LogP contribution in [-0.2, 0) is 11.3 Å². The average molecular weight is 292 g/mol. The van der Waals surface area contributed by atoms with Crippen LogP contribution in [0.1, 0.15) is 25.3 Å². The van der Waals surface area contributed by atoms with Crippen LogP contribution < -0.4 is 15.0 Å². The standard InChI is InChI=1S/C16H24N2O3/c1-3-17-10-12-6-7-14(15(9-12)21-2)18-8-4-5-13(11-18)16(19)20/h6-7,9,13,17H,3-5,8,10-11H2,1-2H3,(H,19,20). The molecule has 1 saturated heterocycles. The Labute approximate surface area is 125 Å². The number of hydrogen-bond donors (Lipinski definition) is 2. The molecule has 1 aliphatic heterocycles. The molecule has 21 heavy (non-hydrogen) atoms. The van der Waals surface area contributed by atoms with Gasteiger partial charge < -0.3 is 20.1 Å². The summed E-state index contributed by atoms with van der Waals surface area (Å²) in [6.45, 7) is 5.25. The second-order valence-electron chi connectivity index (χ2n) is 5.41. The highest BCUT2D eigenvalue weighted by Gasteiger charge is 2.26. The number of piperidine rings is 1. The molecular formula is C16H24N2O3. The zero-order valence-corrected chi connectivity index (χ0v) is 12.8. The van der Waals surface area contributed by atoms with Crippen molar-refractivity contribution in [3.63, 3.8) is 0 Å². The highest BCUT2D eigenvalue weighted by molar-refractivity contribution is 5.72. The SMILES string of the molecule is CCNCc1ccc(N2CCCC(C(=O)O)C2)c(OC)c1. The van der Waals surface area contributed by atoms with E-state index in [1.54, 1.807) is 7.11 Å². The van der Waals surface area contributed by atoms with Gasteiger partial charge in [0.2, 0.25) is 0 Å². The van der Waals surface area contributed by atoms with Crippen molar-refractivity contribution in [1.29, 1.82) is 0 Å². The van der Waals surface area contributed by atoms with Crippen molar-refractivity contribution in [3.8, 4) is 5.75 Å². The van der Waals surface area contributed by atoms with Crippen molar-refractivity contribution in [3.05, 3.63) is 23.8 Å². The number of carboxylic acid groups (broad SMARTS) is 1. The molecule has 116 valence electrons. The maximum atomic E-state index is 11.2. The predicted molar refractivity (Wildman–Crippen MR) is 82.9 cm³/mol. The normalized spacial score (nSPS) is 18.6. The third-order valence-corrected chi connectivity index (χ3v) is 3.93. The third-order valence-electron chi connectivity index (χ3n) is 3.93. The lowest BCUT2D eigenvalue weighted by atomic mass is 9.97. The third kappa shape index (κ3) is 3.88. The molecule has 2 rings (SSSR count). The Morgan fingerprint density at radius 1 is 1.52 bits per heavy atom. The van der Waals surface area contributed by atoms with Crippen LogP contribution in [0, 0.1) is 5.92 Å². The van der Waals surface area contributed by atoms with Gasteiger partial charge >= 0.3 is 5.97 Å². The van der Waals surface area contributed by atoms with Crippen molar-refractivity contribution in [1.82, 2.24) is 5.32 Å². The van der Waals surface area contributed by atoms with Gasteiger partial charge in [-0.2, -0.15) is 0 Å². The molecule has 1 atom stereocenters. The minimum atomic E-state index is -0.706. The molecule has 2 N–H and O–H groups in total. The Bertz CT molecular complexity index is 490. The van der Waals surface area contributed by atoms with Crippen LogP contribution in [0.15, 0.2) is 18.2 Å². The maximum Gasteiger partial charge on any atom is 0.308 e. The molecule has 0 spiro atoms. The molecule has 1 aromatic carbocycles. The summed E-state index contributed by atoms with van der Waals surface area (Å²) in [7, 11) is 1.66. The van der Waals surface area contributed by atoms with Gasteiger partial charge in [-0.25, -0.2) is 0 Å². The molecule has 5 nitrogen and oxygen atoms in total. The van der Waals surface area contributed by atoms with Gasteiger partial charge in [0, 0.05) is 19.6 Å². The minimum absolute atomic E-state index is 0.287. The summed E-state index contributed by atoms with van der Waals surface area (Å²) in [5, 5.41) is 12.5. The molecule has 1 aliphatic rings. The van der Waals surface area contributed by atoms with Crippen LogP contribution in [0.4, 0.5) is 5.69 Å². The van der Waals surface area contributed by atoms with Crippen molar-refractivity contribution in [2.75, 3.05) is 31.6 Å². The first-order chi connectivity index (χ1) is 10.2. The Morgan fingerprint density at radius 3 is 3.00 bits per heavy atom. The summed E-state index contributed by atoms with van der Waals surface area (Å²) < 4.78 is 5.50.